The minimum atomic E-state index is -0.481. The molecule has 0 aromatic heterocycles. The molecule has 68 valence electrons. The summed E-state index contributed by atoms with van der Waals surface area (Å²) in [6.45, 7) is 2.04. The molecule has 0 bridgehead atoms. The Balaban J connectivity index is 2.57. The second-order valence-corrected chi connectivity index (χ2v) is 2.94. The van der Waals surface area contributed by atoms with E-state index in [1.54, 1.807) is 0 Å². The number of hydrogen-bond acceptors (Lipinski definition) is 1. The van der Waals surface area contributed by atoms with E-state index in [1.807, 2.05) is 37.3 Å². The molecule has 1 aromatic carbocycles. The topological polar surface area (TPSA) is 20.2 Å². The van der Waals surface area contributed by atoms with Crippen LogP contribution in [0.3, 0.4) is 0 Å². The Morgan fingerprint density at radius 3 is 2.62 bits per heavy atom. The Morgan fingerprint density at radius 2 is 2.00 bits per heavy atom. The molecule has 1 heteroatoms. The van der Waals surface area contributed by atoms with Gasteiger partial charge in [-0.3, -0.25) is 0 Å². The van der Waals surface area contributed by atoms with Crippen molar-refractivity contribution in [1.82, 2.24) is 0 Å². The minimum absolute atomic E-state index is 0.481. The average Bonchev–Trinajstić information content (AvgIpc) is 2.17. The highest BCUT2D eigenvalue weighted by atomic mass is 16.3. The van der Waals surface area contributed by atoms with Crippen molar-refractivity contribution in [1.29, 1.82) is 0 Å². The predicted octanol–water partition coefficient (Wildman–Crippen LogP) is 2.20. The maximum atomic E-state index is 9.34. The summed E-state index contributed by atoms with van der Waals surface area (Å²) in [5, 5.41) is 9.34. The van der Waals surface area contributed by atoms with E-state index in [2.05, 4.69) is 11.8 Å². The molecule has 1 rings (SSSR count). The molecular weight excluding hydrogens is 160 g/mol. The van der Waals surface area contributed by atoms with E-state index in [4.69, 9.17) is 0 Å². The summed E-state index contributed by atoms with van der Waals surface area (Å²) in [6, 6.07) is 9.71. The zero-order valence-electron chi connectivity index (χ0n) is 7.83. The van der Waals surface area contributed by atoms with Gasteiger partial charge in [0.25, 0.3) is 0 Å². The Morgan fingerprint density at radius 1 is 1.31 bits per heavy atom. The van der Waals surface area contributed by atoms with E-state index >= 15 is 0 Å². The van der Waals surface area contributed by atoms with Gasteiger partial charge in [-0.25, -0.2) is 0 Å². The molecule has 0 amide bonds. The number of rotatable bonds is 2. The van der Waals surface area contributed by atoms with Gasteiger partial charge < -0.3 is 5.11 Å². The van der Waals surface area contributed by atoms with Crippen LogP contribution in [-0.4, -0.2) is 11.2 Å². The molecule has 0 radical (unpaired) electrons. The molecule has 1 nitrogen and oxygen atoms in total. The lowest BCUT2D eigenvalue weighted by Gasteiger charge is -1.97. The van der Waals surface area contributed by atoms with Crippen molar-refractivity contribution in [3.8, 4) is 11.8 Å². The van der Waals surface area contributed by atoms with Crippen molar-refractivity contribution in [3.63, 3.8) is 0 Å². The molecule has 0 aliphatic carbocycles. The van der Waals surface area contributed by atoms with Crippen molar-refractivity contribution in [2.75, 3.05) is 0 Å². The molecule has 1 aromatic rings. The van der Waals surface area contributed by atoms with Crippen molar-refractivity contribution in [3.05, 3.63) is 35.9 Å². The van der Waals surface area contributed by atoms with Crippen molar-refractivity contribution in [2.24, 2.45) is 0 Å². The minimum Gasteiger partial charge on any atom is -0.380 e. The molecule has 0 saturated heterocycles. The molecule has 0 fully saturated rings. The van der Waals surface area contributed by atoms with Gasteiger partial charge in [0.1, 0.15) is 6.10 Å². The Kier molecular flexibility index (Phi) is 4.08. The fourth-order valence-corrected chi connectivity index (χ4v) is 1.03. The number of benzene rings is 1. The zero-order valence-corrected chi connectivity index (χ0v) is 7.83. The van der Waals surface area contributed by atoms with Gasteiger partial charge in [-0.05, 0) is 18.6 Å². The quantitative estimate of drug-likeness (QED) is 0.681. The Labute approximate surface area is 79.4 Å². The van der Waals surface area contributed by atoms with Crippen molar-refractivity contribution < 1.29 is 5.11 Å². The molecular formula is C12H14O. The van der Waals surface area contributed by atoms with Crippen molar-refractivity contribution in [2.45, 2.75) is 25.9 Å². The molecule has 0 aliphatic heterocycles. The van der Waals surface area contributed by atoms with Crippen LogP contribution in [0.4, 0.5) is 0 Å². The fraction of sp³-hybridized carbons (Fsp3) is 0.333. The lowest BCUT2D eigenvalue weighted by molar-refractivity contribution is 0.221. The highest BCUT2D eigenvalue weighted by molar-refractivity contribution is 5.34. The van der Waals surface area contributed by atoms with Crippen LogP contribution in [0, 0.1) is 11.8 Å². The maximum Gasteiger partial charge on any atom is 0.115 e. The molecule has 0 heterocycles. The summed E-state index contributed by atoms with van der Waals surface area (Å²) >= 11 is 0. The van der Waals surface area contributed by atoms with E-state index in [0.717, 1.165) is 18.4 Å². The van der Waals surface area contributed by atoms with Gasteiger partial charge in [0.15, 0.2) is 0 Å². The van der Waals surface area contributed by atoms with Crippen LogP contribution in [0.25, 0.3) is 0 Å². The Bertz CT molecular complexity index is 292. The second kappa shape index (κ2) is 5.40. The van der Waals surface area contributed by atoms with E-state index in [0.29, 0.717) is 0 Å². The van der Waals surface area contributed by atoms with Gasteiger partial charge in [-0.15, -0.1) is 0 Å². The highest BCUT2D eigenvalue weighted by Crippen LogP contribution is 1.97. The summed E-state index contributed by atoms with van der Waals surface area (Å²) in [6.07, 6.45) is 1.23. The van der Waals surface area contributed by atoms with Gasteiger partial charge in [-0.2, -0.15) is 0 Å². The number of hydrogen-bond donors (Lipinski definition) is 1. The van der Waals surface area contributed by atoms with E-state index in [-0.39, 0.29) is 0 Å². The van der Waals surface area contributed by atoms with Crippen LogP contribution < -0.4 is 0 Å². The first-order valence-electron chi connectivity index (χ1n) is 4.57. The van der Waals surface area contributed by atoms with Gasteiger partial charge in [-0.1, -0.05) is 43.4 Å². The Hall–Kier alpha value is -1.26. The molecule has 0 spiro atoms. The summed E-state index contributed by atoms with van der Waals surface area (Å²) in [4.78, 5) is 0. The van der Waals surface area contributed by atoms with Crippen LogP contribution in [0.1, 0.15) is 25.3 Å². The summed E-state index contributed by atoms with van der Waals surface area (Å²) in [5.74, 6) is 5.73. The van der Waals surface area contributed by atoms with Gasteiger partial charge >= 0.3 is 0 Å². The lowest BCUT2D eigenvalue weighted by Crippen LogP contribution is -2.00. The van der Waals surface area contributed by atoms with Crippen LogP contribution in [0.2, 0.25) is 0 Å². The number of aliphatic hydroxyl groups excluding tert-OH is 1. The van der Waals surface area contributed by atoms with E-state index in [9.17, 15) is 5.11 Å². The van der Waals surface area contributed by atoms with Gasteiger partial charge in [0.05, 0.1) is 0 Å². The fourth-order valence-electron chi connectivity index (χ4n) is 1.03. The highest BCUT2D eigenvalue weighted by Gasteiger charge is 1.94. The third-order valence-electron chi connectivity index (χ3n) is 1.72. The molecule has 0 unspecified atom stereocenters. The standard InChI is InChI=1S/C12H14O/c1-2-6-12(13)10-9-11-7-4-3-5-8-11/h3-5,7-8,12-13H,2,6H2,1H3/t12-/m1/s1. The normalized spacial score (nSPS) is 11.5. The van der Waals surface area contributed by atoms with Gasteiger partial charge in [0.2, 0.25) is 0 Å². The van der Waals surface area contributed by atoms with Crippen LogP contribution in [0.15, 0.2) is 30.3 Å². The van der Waals surface area contributed by atoms with Crippen LogP contribution >= 0.6 is 0 Å². The number of aliphatic hydroxyl groups is 1. The molecule has 1 atom stereocenters. The SMILES string of the molecule is CCC[C@@H](O)C#Cc1ccccc1. The average molecular weight is 174 g/mol. The summed E-state index contributed by atoms with van der Waals surface area (Å²) < 4.78 is 0. The van der Waals surface area contributed by atoms with Crippen LogP contribution in [-0.2, 0) is 0 Å². The van der Waals surface area contributed by atoms with E-state index in [1.165, 1.54) is 0 Å². The first kappa shape index (κ1) is 9.83. The summed E-state index contributed by atoms with van der Waals surface area (Å²) in [5.41, 5.74) is 0.956. The first-order chi connectivity index (χ1) is 6.33. The van der Waals surface area contributed by atoms with Crippen molar-refractivity contribution >= 4 is 0 Å². The first-order valence-corrected chi connectivity index (χ1v) is 4.57. The zero-order chi connectivity index (χ0) is 9.52. The van der Waals surface area contributed by atoms with Gasteiger partial charge in [0, 0.05) is 5.56 Å². The molecule has 0 aliphatic rings. The van der Waals surface area contributed by atoms with Crippen LogP contribution in [0.5, 0.6) is 0 Å². The lowest BCUT2D eigenvalue weighted by atomic mass is 10.2. The molecule has 1 N–H and O–H groups in total. The van der Waals surface area contributed by atoms with E-state index < -0.39 is 6.10 Å². The third kappa shape index (κ3) is 3.78. The molecule has 0 saturated carbocycles. The second-order valence-electron chi connectivity index (χ2n) is 2.94. The monoisotopic (exact) mass is 174 g/mol. The summed E-state index contributed by atoms with van der Waals surface area (Å²) in [7, 11) is 0. The molecule has 13 heavy (non-hydrogen) atoms. The third-order valence-corrected chi connectivity index (χ3v) is 1.72. The maximum absolute atomic E-state index is 9.34. The largest absolute Gasteiger partial charge is 0.380 e. The smallest absolute Gasteiger partial charge is 0.115 e. The predicted molar refractivity (Wildman–Crippen MR) is 54.2 cm³/mol.